The van der Waals surface area contributed by atoms with Gasteiger partial charge in [-0.25, -0.2) is 9.37 Å². The van der Waals surface area contributed by atoms with E-state index in [0.717, 1.165) is 6.54 Å². The third-order valence-electron chi connectivity index (χ3n) is 2.30. The molecule has 0 bridgehead atoms. The monoisotopic (exact) mass is 329 g/mol. The van der Waals surface area contributed by atoms with Crippen LogP contribution in [0.25, 0.3) is 11.3 Å². The van der Waals surface area contributed by atoms with Gasteiger partial charge in [-0.1, -0.05) is 11.6 Å². The molecule has 0 saturated heterocycles. The van der Waals surface area contributed by atoms with Crippen LogP contribution < -0.4 is 5.32 Å². The fourth-order valence-electron chi connectivity index (χ4n) is 1.49. The van der Waals surface area contributed by atoms with Gasteiger partial charge >= 0.3 is 0 Å². The number of aromatic nitrogens is 2. The van der Waals surface area contributed by atoms with E-state index in [1.807, 2.05) is 6.92 Å². The first-order chi connectivity index (χ1) is 8.63. The highest BCUT2D eigenvalue weighted by atomic mass is 79.9. The fourth-order valence-corrected chi connectivity index (χ4v) is 1.96. The number of nitrogens with one attached hydrogen (secondary N) is 1. The fraction of sp³-hybridized carbons (Fsp3) is 0.167. The van der Waals surface area contributed by atoms with Crippen LogP contribution in [0.15, 0.2) is 29.0 Å². The van der Waals surface area contributed by atoms with Gasteiger partial charge in [-0.3, -0.25) is 4.98 Å². The lowest BCUT2D eigenvalue weighted by Crippen LogP contribution is -2.01. The first-order valence-corrected chi connectivity index (χ1v) is 6.50. The number of hydrogen-bond acceptors (Lipinski definition) is 3. The van der Waals surface area contributed by atoms with Crippen LogP contribution in [0.4, 0.5) is 10.2 Å². The highest BCUT2D eigenvalue weighted by Gasteiger charge is 2.13. The van der Waals surface area contributed by atoms with Gasteiger partial charge in [-0.2, -0.15) is 0 Å². The molecule has 2 aromatic rings. The molecule has 0 aliphatic heterocycles. The van der Waals surface area contributed by atoms with Crippen molar-refractivity contribution < 1.29 is 4.39 Å². The maximum atomic E-state index is 14.0. The molecule has 0 unspecified atom stereocenters. The van der Waals surface area contributed by atoms with Gasteiger partial charge in [0.25, 0.3) is 0 Å². The largest absolute Gasteiger partial charge is 0.369 e. The van der Waals surface area contributed by atoms with E-state index in [2.05, 4.69) is 31.2 Å². The highest BCUT2D eigenvalue weighted by Crippen LogP contribution is 2.32. The van der Waals surface area contributed by atoms with Crippen LogP contribution in [-0.2, 0) is 0 Å². The van der Waals surface area contributed by atoms with Crippen LogP contribution in [0.5, 0.6) is 0 Å². The lowest BCUT2D eigenvalue weighted by molar-refractivity contribution is 0.630. The van der Waals surface area contributed by atoms with Crippen molar-refractivity contribution in [3.63, 3.8) is 0 Å². The molecule has 0 atom stereocenters. The summed E-state index contributed by atoms with van der Waals surface area (Å²) in [5, 5.41) is 3.07. The lowest BCUT2D eigenvalue weighted by Gasteiger charge is -2.07. The van der Waals surface area contributed by atoms with Crippen LogP contribution in [0.2, 0.25) is 5.02 Å². The summed E-state index contributed by atoms with van der Waals surface area (Å²) in [5.74, 6) is 0.0995. The quantitative estimate of drug-likeness (QED) is 0.860. The molecule has 0 amide bonds. The number of halogens is 3. The van der Waals surface area contributed by atoms with E-state index in [1.54, 1.807) is 18.3 Å². The summed E-state index contributed by atoms with van der Waals surface area (Å²) in [6.07, 6.45) is 3.09. The Morgan fingerprint density at radius 2 is 2.17 bits per heavy atom. The standard InChI is InChI=1S/C12H10BrClFN3/c1-2-17-10-6-16-5-9(18-10)7-3-4-8(13)11(14)12(7)15/h3-6H,2H2,1H3,(H,17,18). The van der Waals surface area contributed by atoms with Crippen LogP contribution in [-0.4, -0.2) is 16.5 Å². The van der Waals surface area contributed by atoms with Crippen molar-refractivity contribution in [2.24, 2.45) is 0 Å². The molecule has 6 heteroatoms. The molecule has 2 rings (SSSR count). The Morgan fingerprint density at radius 3 is 2.89 bits per heavy atom. The zero-order chi connectivity index (χ0) is 13.1. The van der Waals surface area contributed by atoms with Crippen molar-refractivity contribution in [2.45, 2.75) is 6.92 Å². The van der Waals surface area contributed by atoms with Crippen molar-refractivity contribution >= 4 is 33.3 Å². The van der Waals surface area contributed by atoms with Gasteiger partial charge in [-0.15, -0.1) is 0 Å². The van der Waals surface area contributed by atoms with Crippen LogP contribution in [0, 0.1) is 5.82 Å². The van der Waals surface area contributed by atoms with Crippen molar-refractivity contribution in [2.75, 3.05) is 11.9 Å². The number of rotatable bonds is 3. The Hall–Kier alpha value is -1.20. The Morgan fingerprint density at radius 1 is 1.39 bits per heavy atom. The van der Waals surface area contributed by atoms with Crippen LogP contribution in [0.1, 0.15) is 6.92 Å². The first kappa shape index (κ1) is 13.2. The van der Waals surface area contributed by atoms with E-state index < -0.39 is 5.82 Å². The van der Waals surface area contributed by atoms with Gasteiger partial charge in [0.1, 0.15) is 5.82 Å². The zero-order valence-electron chi connectivity index (χ0n) is 9.54. The van der Waals surface area contributed by atoms with Crippen molar-refractivity contribution in [1.82, 2.24) is 9.97 Å². The Labute approximate surface area is 118 Å². The van der Waals surface area contributed by atoms with Gasteiger partial charge in [0, 0.05) is 16.6 Å². The average Bonchev–Trinajstić information content (AvgIpc) is 2.37. The first-order valence-electron chi connectivity index (χ1n) is 5.33. The molecule has 94 valence electrons. The van der Waals surface area contributed by atoms with Gasteiger partial charge in [0.15, 0.2) is 5.82 Å². The summed E-state index contributed by atoms with van der Waals surface area (Å²) < 4.78 is 14.5. The molecule has 3 nitrogen and oxygen atoms in total. The Balaban J connectivity index is 2.48. The molecular formula is C12H10BrClFN3. The van der Waals surface area contributed by atoms with E-state index in [-0.39, 0.29) is 5.02 Å². The minimum Gasteiger partial charge on any atom is -0.369 e. The summed E-state index contributed by atoms with van der Waals surface area (Å²) in [7, 11) is 0. The topological polar surface area (TPSA) is 37.8 Å². The summed E-state index contributed by atoms with van der Waals surface area (Å²) in [5.41, 5.74) is 0.774. The maximum absolute atomic E-state index is 14.0. The predicted octanol–water partition coefficient (Wildman–Crippen LogP) is 4.13. The highest BCUT2D eigenvalue weighted by molar-refractivity contribution is 9.10. The SMILES string of the molecule is CCNc1cncc(-c2ccc(Br)c(Cl)c2F)n1. The number of hydrogen-bond donors (Lipinski definition) is 1. The molecular weight excluding hydrogens is 321 g/mol. The van der Waals surface area contributed by atoms with Crippen LogP contribution in [0.3, 0.4) is 0 Å². The molecule has 18 heavy (non-hydrogen) atoms. The molecule has 1 heterocycles. The minimum absolute atomic E-state index is 0.0446. The number of benzene rings is 1. The summed E-state index contributed by atoms with van der Waals surface area (Å²) >= 11 is 9.02. The molecule has 0 saturated carbocycles. The van der Waals surface area contributed by atoms with Gasteiger partial charge in [-0.05, 0) is 35.0 Å². The number of nitrogens with zero attached hydrogens (tertiary/aromatic N) is 2. The van der Waals surface area contributed by atoms with E-state index in [4.69, 9.17) is 11.6 Å². The molecule has 0 aliphatic carbocycles. The average molecular weight is 331 g/mol. The van der Waals surface area contributed by atoms with E-state index in [0.29, 0.717) is 21.5 Å². The molecule has 1 aromatic carbocycles. The number of anilines is 1. The summed E-state index contributed by atoms with van der Waals surface area (Å²) in [6, 6.07) is 3.30. The minimum atomic E-state index is -0.506. The summed E-state index contributed by atoms with van der Waals surface area (Å²) in [6.45, 7) is 2.67. The Kier molecular flexibility index (Phi) is 4.14. The summed E-state index contributed by atoms with van der Waals surface area (Å²) in [4.78, 5) is 8.30. The lowest BCUT2D eigenvalue weighted by atomic mass is 10.1. The van der Waals surface area contributed by atoms with Gasteiger partial charge in [0.05, 0.1) is 23.1 Å². The normalized spacial score (nSPS) is 10.4. The van der Waals surface area contributed by atoms with Crippen molar-refractivity contribution in [3.05, 3.63) is 39.8 Å². The van der Waals surface area contributed by atoms with Crippen molar-refractivity contribution in [3.8, 4) is 11.3 Å². The molecule has 1 N–H and O–H groups in total. The van der Waals surface area contributed by atoms with E-state index >= 15 is 0 Å². The zero-order valence-corrected chi connectivity index (χ0v) is 11.9. The van der Waals surface area contributed by atoms with Crippen molar-refractivity contribution in [1.29, 1.82) is 0 Å². The van der Waals surface area contributed by atoms with E-state index in [9.17, 15) is 4.39 Å². The maximum Gasteiger partial charge on any atom is 0.152 e. The molecule has 1 aromatic heterocycles. The Bertz CT molecular complexity index is 577. The second-order valence-electron chi connectivity index (χ2n) is 3.54. The smallest absolute Gasteiger partial charge is 0.152 e. The van der Waals surface area contributed by atoms with Gasteiger partial charge < -0.3 is 5.32 Å². The third kappa shape index (κ3) is 2.62. The molecule has 0 fully saturated rings. The second kappa shape index (κ2) is 5.63. The molecule has 0 aliphatic rings. The second-order valence-corrected chi connectivity index (χ2v) is 4.78. The predicted molar refractivity (Wildman–Crippen MR) is 74.3 cm³/mol. The molecule has 0 spiro atoms. The van der Waals surface area contributed by atoms with E-state index in [1.165, 1.54) is 6.20 Å². The van der Waals surface area contributed by atoms with Gasteiger partial charge in [0.2, 0.25) is 0 Å². The molecule has 0 radical (unpaired) electrons. The van der Waals surface area contributed by atoms with Crippen LogP contribution >= 0.6 is 27.5 Å². The third-order valence-corrected chi connectivity index (χ3v) is 3.56.